The SMILES string of the molecule is Cc1cc(C)n(-c2cccc(C3=CC4CCCC(C3)S4)c2)n1. The second-order valence-electron chi connectivity index (χ2n) is 6.51. The summed E-state index contributed by atoms with van der Waals surface area (Å²) in [6, 6.07) is 11.0. The Morgan fingerprint density at radius 1 is 1.18 bits per heavy atom. The highest BCUT2D eigenvalue weighted by molar-refractivity contribution is 8.00. The summed E-state index contributed by atoms with van der Waals surface area (Å²) in [5, 5.41) is 6.18. The standard InChI is InChI=1S/C19H22N2S/c1-13-9-14(2)21(20-13)17-6-3-5-15(10-17)16-11-18-7-4-8-19(12-16)22-18/h3,5-6,9-11,18-19H,4,7-8,12H2,1-2H3. The quantitative estimate of drug-likeness (QED) is 0.782. The van der Waals surface area contributed by atoms with Crippen molar-refractivity contribution in [1.29, 1.82) is 0 Å². The van der Waals surface area contributed by atoms with Gasteiger partial charge < -0.3 is 0 Å². The number of aromatic nitrogens is 2. The van der Waals surface area contributed by atoms with Crippen molar-refractivity contribution >= 4 is 17.3 Å². The van der Waals surface area contributed by atoms with Gasteiger partial charge in [0.2, 0.25) is 0 Å². The van der Waals surface area contributed by atoms with Gasteiger partial charge in [0.05, 0.1) is 11.4 Å². The fourth-order valence-electron chi connectivity index (χ4n) is 3.68. The number of rotatable bonds is 2. The molecule has 0 radical (unpaired) electrons. The van der Waals surface area contributed by atoms with E-state index in [4.69, 9.17) is 0 Å². The van der Waals surface area contributed by atoms with Crippen molar-refractivity contribution in [3.05, 3.63) is 53.4 Å². The lowest BCUT2D eigenvalue weighted by Gasteiger charge is -2.33. The molecule has 114 valence electrons. The molecule has 0 aliphatic carbocycles. The minimum absolute atomic E-state index is 0.736. The van der Waals surface area contributed by atoms with Gasteiger partial charge in [0.15, 0.2) is 0 Å². The van der Waals surface area contributed by atoms with Gasteiger partial charge in [-0.25, -0.2) is 4.68 Å². The average Bonchev–Trinajstić information content (AvgIpc) is 2.86. The van der Waals surface area contributed by atoms with E-state index in [2.05, 4.69) is 71.8 Å². The van der Waals surface area contributed by atoms with Crippen molar-refractivity contribution in [3.8, 4) is 5.69 Å². The van der Waals surface area contributed by atoms with Gasteiger partial charge in [-0.1, -0.05) is 24.6 Å². The van der Waals surface area contributed by atoms with Crippen molar-refractivity contribution < 1.29 is 0 Å². The van der Waals surface area contributed by atoms with Crippen molar-refractivity contribution in [3.63, 3.8) is 0 Å². The first kappa shape index (κ1) is 14.1. The molecular weight excluding hydrogens is 288 g/mol. The maximum Gasteiger partial charge on any atom is 0.0654 e. The van der Waals surface area contributed by atoms with Crippen molar-refractivity contribution in [2.45, 2.75) is 50.0 Å². The maximum atomic E-state index is 4.62. The molecule has 0 amide bonds. The third-order valence-electron chi connectivity index (χ3n) is 4.69. The molecule has 1 aromatic carbocycles. The molecule has 3 heteroatoms. The highest BCUT2D eigenvalue weighted by Gasteiger charge is 2.27. The van der Waals surface area contributed by atoms with E-state index in [-0.39, 0.29) is 0 Å². The molecular formula is C19H22N2S. The molecule has 1 aromatic heterocycles. The lowest BCUT2D eigenvalue weighted by molar-refractivity contribution is 0.630. The van der Waals surface area contributed by atoms with Gasteiger partial charge in [0.1, 0.15) is 0 Å². The Hall–Kier alpha value is -1.48. The van der Waals surface area contributed by atoms with Crippen LogP contribution < -0.4 is 0 Å². The molecule has 2 unspecified atom stereocenters. The summed E-state index contributed by atoms with van der Waals surface area (Å²) >= 11 is 2.18. The van der Waals surface area contributed by atoms with Crippen LogP contribution in [0.15, 0.2) is 36.4 Å². The molecule has 0 saturated carbocycles. The van der Waals surface area contributed by atoms with Gasteiger partial charge in [0.25, 0.3) is 0 Å². The molecule has 0 N–H and O–H groups in total. The predicted octanol–water partition coefficient (Wildman–Crippen LogP) is 4.93. The number of fused-ring (bicyclic) bond motifs is 2. The van der Waals surface area contributed by atoms with Crippen LogP contribution in [0.1, 0.15) is 42.6 Å². The number of hydrogen-bond acceptors (Lipinski definition) is 2. The van der Waals surface area contributed by atoms with Crippen LogP contribution in [0.3, 0.4) is 0 Å². The van der Waals surface area contributed by atoms with Crippen LogP contribution in [0.2, 0.25) is 0 Å². The zero-order valence-electron chi connectivity index (χ0n) is 13.2. The summed E-state index contributed by atoms with van der Waals surface area (Å²) in [5.74, 6) is 0. The number of nitrogens with zero attached hydrogens (tertiary/aromatic N) is 2. The molecule has 2 bridgehead atoms. The van der Waals surface area contributed by atoms with Crippen molar-refractivity contribution in [1.82, 2.24) is 9.78 Å². The van der Waals surface area contributed by atoms with Crippen LogP contribution in [0.4, 0.5) is 0 Å². The third-order valence-corrected chi connectivity index (χ3v) is 6.20. The van der Waals surface area contributed by atoms with Crippen LogP contribution in [0, 0.1) is 13.8 Å². The molecule has 1 fully saturated rings. The second-order valence-corrected chi connectivity index (χ2v) is 8.06. The summed E-state index contributed by atoms with van der Waals surface area (Å²) in [6.45, 7) is 4.17. The molecule has 2 atom stereocenters. The first-order valence-corrected chi connectivity index (χ1v) is 9.13. The van der Waals surface area contributed by atoms with E-state index in [1.165, 1.54) is 48.2 Å². The topological polar surface area (TPSA) is 17.8 Å². The minimum Gasteiger partial charge on any atom is -0.238 e. The van der Waals surface area contributed by atoms with Crippen molar-refractivity contribution in [2.75, 3.05) is 0 Å². The summed E-state index contributed by atoms with van der Waals surface area (Å²) in [7, 11) is 0. The number of aryl methyl sites for hydroxylation is 2. The molecule has 22 heavy (non-hydrogen) atoms. The third kappa shape index (κ3) is 2.63. The van der Waals surface area contributed by atoms with E-state index in [1.54, 1.807) is 0 Å². The van der Waals surface area contributed by atoms with E-state index >= 15 is 0 Å². The molecule has 3 heterocycles. The van der Waals surface area contributed by atoms with E-state index in [0.29, 0.717) is 0 Å². The Kier molecular flexibility index (Phi) is 3.61. The molecule has 1 saturated heterocycles. The highest BCUT2D eigenvalue weighted by atomic mass is 32.2. The van der Waals surface area contributed by atoms with E-state index < -0.39 is 0 Å². The Bertz CT molecular complexity index is 729. The van der Waals surface area contributed by atoms with Gasteiger partial charge >= 0.3 is 0 Å². The largest absolute Gasteiger partial charge is 0.238 e. The van der Waals surface area contributed by atoms with Crippen molar-refractivity contribution in [2.24, 2.45) is 0 Å². The van der Waals surface area contributed by atoms with Crippen LogP contribution in [0.25, 0.3) is 11.3 Å². The van der Waals surface area contributed by atoms with Crippen LogP contribution in [0.5, 0.6) is 0 Å². The predicted molar refractivity (Wildman–Crippen MR) is 94.7 cm³/mol. The zero-order chi connectivity index (χ0) is 15.1. The Morgan fingerprint density at radius 2 is 2.09 bits per heavy atom. The minimum atomic E-state index is 0.736. The van der Waals surface area contributed by atoms with Gasteiger partial charge in [-0.05, 0) is 62.4 Å². The van der Waals surface area contributed by atoms with Crippen LogP contribution in [-0.4, -0.2) is 20.3 Å². The normalized spacial score (nSPS) is 24.2. The van der Waals surface area contributed by atoms with E-state index in [9.17, 15) is 0 Å². The number of allylic oxidation sites excluding steroid dienone is 1. The molecule has 2 aliphatic rings. The van der Waals surface area contributed by atoms with Gasteiger partial charge in [-0.3, -0.25) is 0 Å². The first-order valence-electron chi connectivity index (χ1n) is 8.19. The lowest BCUT2D eigenvalue weighted by atomic mass is 9.93. The van der Waals surface area contributed by atoms with E-state index in [0.717, 1.165) is 16.2 Å². The fraction of sp³-hybridized carbons (Fsp3) is 0.421. The molecule has 4 rings (SSSR count). The molecule has 0 spiro atoms. The van der Waals surface area contributed by atoms with Gasteiger partial charge in [-0.2, -0.15) is 16.9 Å². The monoisotopic (exact) mass is 310 g/mol. The van der Waals surface area contributed by atoms with Crippen LogP contribution >= 0.6 is 11.8 Å². The summed E-state index contributed by atoms with van der Waals surface area (Å²) < 4.78 is 2.05. The van der Waals surface area contributed by atoms with Gasteiger partial charge in [-0.15, -0.1) is 0 Å². The lowest BCUT2D eigenvalue weighted by Crippen LogP contribution is -2.21. The summed E-state index contributed by atoms with van der Waals surface area (Å²) in [5.41, 5.74) is 6.36. The Morgan fingerprint density at radius 3 is 2.86 bits per heavy atom. The molecule has 2 nitrogen and oxygen atoms in total. The van der Waals surface area contributed by atoms with Crippen LogP contribution in [-0.2, 0) is 0 Å². The first-order chi connectivity index (χ1) is 10.7. The number of thioether (sulfide) groups is 1. The van der Waals surface area contributed by atoms with E-state index in [1.807, 2.05) is 0 Å². The summed E-state index contributed by atoms with van der Waals surface area (Å²) in [4.78, 5) is 0. The summed E-state index contributed by atoms with van der Waals surface area (Å²) in [6.07, 6.45) is 7.87. The van der Waals surface area contributed by atoms with Gasteiger partial charge in [0, 0.05) is 16.2 Å². The Labute approximate surface area is 136 Å². The fourth-order valence-corrected chi connectivity index (χ4v) is 5.30. The molecule has 2 aromatic rings. The number of hydrogen-bond donors (Lipinski definition) is 0. The Balaban J connectivity index is 1.70. The highest BCUT2D eigenvalue weighted by Crippen LogP contribution is 2.43. The zero-order valence-corrected chi connectivity index (χ0v) is 14.1. The maximum absolute atomic E-state index is 4.62. The number of benzene rings is 1. The molecule has 2 aliphatic heterocycles. The second kappa shape index (κ2) is 5.62. The average molecular weight is 310 g/mol. The smallest absolute Gasteiger partial charge is 0.0654 e.